The van der Waals surface area contributed by atoms with Gasteiger partial charge in [-0.05, 0) is 19.3 Å². The summed E-state index contributed by atoms with van der Waals surface area (Å²) in [4.78, 5) is 17.1. The Kier molecular flexibility index (Phi) is 1.81. The molecule has 4 nitrogen and oxygen atoms in total. The molecule has 0 aliphatic heterocycles. The molecule has 1 aromatic heterocycles. The Morgan fingerprint density at radius 2 is 2.42 bits per heavy atom. The number of rotatable bonds is 2. The third kappa shape index (κ3) is 1.47. The van der Waals surface area contributed by atoms with Gasteiger partial charge in [0.25, 0.3) is 5.56 Å². The highest BCUT2D eigenvalue weighted by Crippen LogP contribution is 2.22. The summed E-state index contributed by atoms with van der Waals surface area (Å²) in [6, 6.07) is 1.37. The van der Waals surface area contributed by atoms with E-state index in [4.69, 9.17) is 4.74 Å². The third-order valence-electron chi connectivity index (χ3n) is 1.99. The molecule has 4 heteroatoms. The molecule has 0 spiro atoms. The van der Waals surface area contributed by atoms with Crippen LogP contribution in [0.1, 0.15) is 19.3 Å². The van der Waals surface area contributed by atoms with Crippen molar-refractivity contribution in [2.75, 3.05) is 0 Å². The highest BCUT2D eigenvalue weighted by Gasteiger charge is 2.19. The Morgan fingerprint density at radius 3 is 3.00 bits per heavy atom. The average Bonchev–Trinajstić information content (AvgIpc) is 1.97. The molecule has 64 valence electrons. The molecule has 1 heterocycles. The fraction of sp³-hybridized carbons (Fsp3) is 0.500. The van der Waals surface area contributed by atoms with E-state index in [0.717, 1.165) is 12.8 Å². The van der Waals surface area contributed by atoms with Crippen LogP contribution >= 0.6 is 0 Å². The van der Waals surface area contributed by atoms with Crippen molar-refractivity contribution in [1.29, 1.82) is 0 Å². The van der Waals surface area contributed by atoms with Crippen molar-refractivity contribution in [3.8, 4) is 5.88 Å². The summed E-state index contributed by atoms with van der Waals surface area (Å²) >= 11 is 0. The lowest BCUT2D eigenvalue weighted by atomic mass is 9.96. The van der Waals surface area contributed by atoms with Crippen LogP contribution in [-0.2, 0) is 0 Å². The Morgan fingerprint density at radius 1 is 1.58 bits per heavy atom. The largest absolute Gasteiger partial charge is 0.474 e. The van der Waals surface area contributed by atoms with Crippen molar-refractivity contribution in [3.63, 3.8) is 0 Å². The van der Waals surface area contributed by atoms with Gasteiger partial charge in [-0.25, -0.2) is 4.98 Å². The number of hydrogen-bond donors (Lipinski definition) is 1. The summed E-state index contributed by atoms with van der Waals surface area (Å²) in [6.07, 6.45) is 5.01. The van der Waals surface area contributed by atoms with Crippen molar-refractivity contribution in [2.45, 2.75) is 25.4 Å². The summed E-state index contributed by atoms with van der Waals surface area (Å²) in [6.45, 7) is 0. The first-order valence-electron chi connectivity index (χ1n) is 4.06. The van der Waals surface area contributed by atoms with Gasteiger partial charge < -0.3 is 9.72 Å². The molecule has 12 heavy (non-hydrogen) atoms. The number of nitrogens with one attached hydrogen (secondary N) is 1. The van der Waals surface area contributed by atoms with Crippen molar-refractivity contribution in [2.24, 2.45) is 0 Å². The summed E-state index contributed by atoms with van der Waals surface area (Å²) in [7, 11) is 0. The van der Waals surface area contributed by atoms with Crippen LogP contribution in [0.2, 0.25) is 0 Å². The molecule has 0 bridgehead atoms. The Hall–Kier alpha value is -1.32. The first-order valence-corrected chi connectivity index (χ1v) is 4.06. The monoisotopic (exact) mass is 166 g/mol. The van der Waals surface area contributed by atoms with Crippen LogP contribution in [0.4, 0.5) is 0 Å². The zero-order valence-electron chi connectivity index (χ0n) is 6.62. The van der Waals surface area contributed by atoms with Crippen molar-refractivity contribution in [1.82, 2.24) is 9.97 Å². The molecule has 1 aromatic rings. The average molecular weight is 166 g/mol. The fourth-order valence-corrected chi connectivity index (χ4v) is 1.07. The zero-order valence-corrected chi connectivity index (χ0v) is 6.62. The van der Waals surface area contributed by atoms with Gasteiger partial charge in [-0.1, -0.05) is 0 Å². The van der Waals surface area contributed by atoms with Crippen molar-refractivity contribution < 1.29 is 4.74 Å². The summed E-state index contributed by atoms with van der Waals surface area (Å²) in [5, 5.41) is 0. The Bertz CT molecular complexity index is 317. The summed E-state index contributed by atoms with van der Waals surface area (Å²) in [5.41, 5.74) is -0.167. The van der Waals surface area contributed by atoms with Crippen LogP contribution in [0.25, 0.3) is 0 Å². The number of aromatic amines is 1. The number of ether oxygens (including phenoxy) is 1. The molecule has 1 saturated carbocycles. The van der Waals surface area contributed by atoms with E-state index in [9.17, 15) is 4.79 Å². The minimum Gasteiger partial charge on any atom is -0.474 e. The Balaban J connectivity index is 2.06. The highest BCUT2D eigenvalue weighted by molar-refractivity contribution is 5.05. The molecule has 0 saturated heterocycles. The quantitative estimate of drug-likeness (QED) is 0.703. The maximum Gasteiger partial charge on any atom is 0.254 e. The first-order chi connectivity index (χ1) is 5.84. The minimum atomic E-state index is -0.167. The van der Waals surface area contributed by atoms with Gasteiger partial charge >= 0.3 is 0 Å². The summed E-state index contributed by atoms with van der Waals surface area (Å²) in [5.74, 6) is 0.434. The van der Waals surface area contributed by atoms with Gasteiger partial charge in [0.05, 0.1) is 12.4 Å². The van der Waals surface area contributed by atoms with Gasteiger partial charge in [0.1, 0.15) is 6.10 Å². The van der Waals surface area contributed by atoms with Crippen LogP contribution in [0.3, 0.4) is 0 Å². The van der Waals surface area contributed by atoms with Gasteiger partial charge in [0.15, 0.2) is 0 Å². The molecular weight excluding hydrogens is 156 g/mol. The SMILES string of the molecule is O=c1cc(OC2CCC2)nc[nH]1. The molecule has 1 fully saturated rings. The highest BCUT2D eigenvalue weighted by atomic mass is 16.5. The van der Waals surface area contributed by atoms with Crippen LogP contribution in [0.15, 0.2) is 17.2 Å². The molecule has 0 aromatic carbocycles. The second kappa shape index (κ2) is 2.97. The van der Waals surface area contributed by atoms with E-state index in [1.807, 2.05) is 0 Å². The predicted molar refractivity (Wildman–Crippen MR) is 43.1 cm³/mol. The van der Waals surface area contributed by atoms with Crippen molar-refractivity contribution in [3.05, 3.63) is 22.7 Å². The number of nitrogens with zero attached hydrogens (tertiary/aromatic N) is 1. The second-order valence-electron chi connectivity index (χ2n) is 2.92. The molecule has 0 atom stereocenters. The van der Waals surface area contributed by atoms with Gasteiger partial charge in [0.2, 0.25) is 5.88 Å². The van der Waals surface area contributed by atoms with E-state index in [0.29, 0.717) is 5.88 Å². The van der Waals surface area contributed by atoms with E-state index in [2.05, 4.69) is 9.97 Å². The van der Waals surface area contributed by atoms with E-state index in [-0.39, 0.29) is 11.7 Å². The van der Waals surface area contributed by atoms with E-state index >= 15 is 0 Å². The molecule has 1 aliphatic carbocycles. The van der Waals surface area contributed by atoms with Crippen LogP contribution in [0, 0.1) is 0 Å². The lowest BCUT2D eigenvalue weighted by Gasteiger charge is -2.25. The maximum atomic E-state index is 10.8. The van der Waals surface area contributed by atoms with Crippen LogP contribution in [-0.4, -0.2) is 16.1 Å². The van der Waals surface area contributed by atoms with Crippen LogP contribution in [0.5, 0.6) is 5.88 Å². The van der Waals surface area contributed by atoms with Gasteiger partial charge in [-0.2, -0.15) is 0 Å². The molecule has 1 N–H and O–H groups in total. The number of hydrogen-bond acceptors (Lipinski definition) is 3. The summed E-state index contributed by atoms with van der Waals surface area (Å²) < 4.78 is 5.40. The fourth-order valence-electron chi connectivity index (χ4n) is 1.07. The lowest BCUT2D eigenvalue weighted by Crippen LogP contribution is -2.25. The van der Waals surface area contributed by atoms with E-state index < -0.39 is 0 Å². The van der Waals surface area contributed by atoms with Gasteiger partial charge in [-0.3, -0.25) is 4.79 Å². The first kappa shape index (κ1) is 7.34. The predicted octanol–water partition coefficient (Wildman–Crippen LogP) is 0.701. The molecule has 0 amide bonds. The minimum absolute atomic E-state index is 0.167. The normalized spacial score (nSPS) is 17.0. The lowest BCUT2D eigenvalue weighted by molar-refractivity contribution is 0.114. The van der Waals surface area contributed by atoms with Gasteiger partial charge in [-0.15, -0.1) is 0 Å². The maximum absolute atomic E-state index is 10.8. The number of H-pyrrole nitrogens is 1. The second-order valence-corrected chi connectivity index (χ2v) is 2.92. The standard InChI is InChI=1S/C8H10N2O2/c11-7-4-8(10-5-9-7)12-6-2-1-3-6/h4-6H,1-3H2,(H,9,10,11). The smallest absolute Gasteiger partial charge is 0.254 e. The molecule has 2 rings (SSSR count). The number of aromatic nitrogens is 2. The van der Waals surface area contributed by atoms with E-state index in [1.54, 1.807) is 0 Å². The molecule has 0 radical (unpaired) electrons. The molecule has 0 unspecified atom stereocenters. The zero-order chi connectivity index (χ0) is 8.39. The van der Waals surface area contributed by atoms with Crippen molar-refractivity contribution >= 4 is 0 Å². The third-order valence-corrected chi connectivity index (χ3v) is 1.99. The molecular formula is C8H10N2O2. The Labute approximate surface area is 69.6 Å². The van der Waals surface area contributed by atoms with Gasteiger partial charge in [0, 0.05) is 0 Å². The molecule has 1 aliphatic rings. The van der Waals surface area contributed by atoms with Crippen LogP contribution < -0.4 is 10.3 Å². The topological polar surface area (TPSA) is 55.0 Å². The van der Waals surface area contributed by atoms with E-state index in [1.165, 1.54) is 18.8 Å².